The van der Waals surface area contributed by atoms with Crippen LogP contribution < -0.4 is 29.3 Å². The van der Waals surface area contributed by atoms with Crippen molar-refractivity contribution in [2.24, 2.45) is 0 Å². The van der Waals surface area contributed by atoms with Gasteiger partial charge in [-0.25, -0.2) is 18.7 Å². The van der Waals surface area contributed by atoms with E-state index in [0.29, 0.717) is 29.9 Å². The molecule has 0 aromatic carbocycles. The van der Waals surface area contributed by atoms with Crippen LogP contribution in [-0.2, 0) is 6.54 Å². The van der Waals surface area contributed by atoms with E-state index in [-0.39, 0.29) is 11.8 Å². The van der Waals surface area contributed by atoms with Crippen LogP contribution >= 0.6 is 54.5 Å². The Morgan fingerprint density at radius 2 is 1.30 bits per heavy atom. The zero-order valence-corrected chi connectivity index (χ0v) is 30.5. The molecule has 4 atom stereocenters. The van der Waals surface area contributed by atoms with E-state index in [9.17, 15) is 8.78 Å². The number of piperidine rings is 2. The molecule has 4 aromatic rings. The average molecular weight is 819 g/mol. The standard InChI is InChI=1S/C14H15BrFN5OS.C7H9BrN4S.C7H8FNO2/c1-22-12-11(16)2-8(4-17-12)5-21-9-3-10(21)7-20(6-9)14-19-18-13(15)23-14;8-6-10-11-7(13-6)12-2-4-1-5(3-12)9-4;1-10-5-3-6(8)7(11-2)9-4-5/h2,4,9-10H,3,5-7H2,1H3;4-5,9H,1-3H2;3-4H,1-2H3. The number of rotatable bonds is 7. The van der Waals surface area contributed by atoms with Gasteiger partial charge in [-0.1, -0.05) is 22.7 Å². The van der Waals surface area contributed by atoms with Crippen LogP contribution in [0.4, 0.5) is 19.0 Å². The lowest BCUT2D eigenvalue weighted by molar-refractivity contribution is -0.00863. The summed E-state index contributed by atoms with van der Waals surface area (Å²) < 4.78 is 42.4. The maximum Gasteiger partial charge on any atom is 0.250 e. The minimum atomic E-state index is -0.521. The van der Waals surface area contributed by atoms with Crippen molar-refractivity contribution in [2.45, 2.75) is 43.6 Å². The van der Waals surface area contributed by atoms with Gasteiger partial charge in [-0.2, -0.15) is 0 Å². The summed E-state index contributed by atoms with van der Waals surface area (Å²) in [5, 5.41) is 21.8. The molecule has 47 heavy (non-hydrogen) atoms. The first-order valence-electron chi connectivity index (χ1n) is 14.6. The van der Waals surface area contributed by atoms with Gasteiger partial charge in [0.25, 0.3) is 0 Å². The number of piperazine rings is 2. The highest BCUT2D eigenvalue weighted by atomic mass is 79.9. The number of methoxy groups -OCH3 is 3. The fourth-order valence-corrected chi connectivity index (χ4v) is 8.22. The molecule has 0 spiro atoms. The van der Waals surface area contributed by atoms with Crippen molar-refractivity contribution in [2.75, 3.05) is 57.3 Å². The van der Waals surface area contributed by atoms with Gasteiger partial charge in [0.05, 0.1) is 27.5 Å². The van der Waals surface area contributed by atoms with E-state index in [0.717, 1.165) is 56.4 Å². The number of nitrogens with one attached hydrogen (secondary N) is 1. The number of anilines is 2. The third kappa shape index (κ3) is 8.07. The quantitative estimate of drug-likeness (QED) is 0.284. The Balaban J connectivity index is 0.000000136. The average Bonchev–Trinajstić information content (AvgIpc) is 3.72. The summed E-state index contributed by atoms with van der Waals surface area (Å²) in [7, 11) is 4.23. The number of fused-ring (bicyclic) bond motifs is 4. The van der Waals surface area contributed by atoms with Crippen molar-refractivity contribution in [1.82, 2.24) is 40.6 Å². The highest BCUT2D eigenvalue weighted by Crippen LogP contribution is 2.37. The first-order valence-corrected chi connectivity index (χ1v) is 17.9. The summed E-state index contributed by atoms with van der Waals surface area (Å²) in [6, 6.07) is 5.04. The van der Waals surface area contributed by atoms with Crippen molar-refractivity contribution in [3.63, 3.8) is 0 Å². The first-order chi connectivity index (χ1) is 22.7. The van der Waals surface area contributed by atoms with Gasteiger partial charge in [0.1, 0.15) is 5.75 Å². The number of hydrogen-bond acceptors (Lipinski definition) is 15. The molecule has 4 unspecified atom stereocenters. The summed E-state index contributed by atoms with van der Waals surface area (Å²) in [6.07, 6.45) is 5.59. The molecule has 6 saturated heterocycles. The molecule has 4 aromatic heterocycles. The summed E-state index contributed by atoms with van der Waals surface area (Å²) in [5.74, 6) is -0.525. The molecule has 10 heterocycles. The Bertz CT molecular complexity index is 1640. The molecule has 0 saturated carbocycles. The molecule has 4 bridgehead atoms. The van der Waals surface area contributed by atoms with Gasteiger partial charge in [-0.15, -0.1) is 20.4 Å². The second-order valence-corrected chi connectivity index (χ2v) is 15.7. The van der Waals surface area contributed by atoms with Crippen LogP contribution in [0, 0.1) is 11.6 Å². The molecular weight excluding hydrogens is 786 g/mol. The topological polar surface area (TPSA) is 127 Å². The molecule has 6 aliphatic rings. The van der Waals surface area contributed by atoms with E-state index < -0.39 is 11.6 Å². The number of ether oxygens (including phenoxy) is 3. The van der Waals surface area contributed by atoms with Gasteiger partial charge >= 0.3 is 0 Å². The second kappa shape index (κ2) is 15.1. The van der Waals surface area contributed by atoms with Crippen molar-refractivity contribution < 1.29 is 23.0 Å². The molecule has 0 amide bonds. The smallest absolute Gasteiger partial charge is 0.250 e. The van der Waals surface area contributed by atoms with Crippen LogP contribution in [0.3, 0.4) is 0 Å². The highest BCUT2D eigenvalue weighted by molar-refractivity contribution is 9.11. The van der Waals surface area contributed by atoms with Crippen molar-refractivity contribution in [3.8, 4) is 17.5 Å². The Morgan fingerprint density at radius 3 is 1.77 bits per heavy atom. The minimum absolute atomic E-state index is 0.0224. The molecule has 252 valence electrons. The van der Waals surface area contributed by atoms with Crippen LogP contribution in [0.2, 0.25) is 0 Å². The number of aromatic nitrogens is 6. The van der Waals surface area contributed by atoms with Crippen LogP contribution in [0.15, 0.2) is 32.4 Å². The van der Waals surface area contributed by atoms with Crippen LogP contribution in [-0.4, -0.2) is 107 Å². The van der Waals surface area contributed by atoms with E-state index in [2.05, 4.69) is 87.0 Å². The maximum absolute atomic E-state index is 13.8. The van der Waals surface area contributed by atoms with Gasteiger partial charge in [-0.3, -0.25) is 4.90 Å². The number of hydrogen-bond donors (Lipinski definition) is 1. The maximum atomic E-state index is 13.8. The molecule has 6 fully saturated rings. The Kier molecular flexibility index (Phi) is 11.0. The first kappa shape index (κ1) is 34.0. The molecule has 6 aliphatic heterocycles. The fraction of sp³-hybridized carbons (Fsp3) is 0.500. The summed E-state index contributed by atoms with van der Waals surface area (Å²) >= 11 is 9.85. The van der Waals surface area contributed by atoms with Gasteiger partial charge in [-0.05, 0) is 56.3 Å². The zero-order chi connectivity index (χ0) is 33.1. The lowest BCUT2D eigenvalue weighted by Gasteiger charge is -2.56. The number of halogens is 4. The van der Waals surface area contributed by atoms with E-state index in [1.54, 1.807) is 28.9 Å². The van der Waals surface area contributed by atoms with Crippen LogP contribution in [0.1, 0.15) is 18.4 Å². The SMILES string of the molecule is Brc1nnc(N2CC3CC(C2)N3)s1.COc1cnc(OC)c(F)c1.COc1ncc(CN2C3CC2CN(c2nnc(Br)s2)C3)cc1F. The third-order valence-corrected chi connectivity index (χ3v) is 11.1. The van der Waals surface area contributed by atoms with Crippen molar-refractivity contribution in [1.29, 1.82) is 0 Å². The Morgan fingerprint density at radius 1 is 0.766 bits per heavy atom. The molecule has 10 rings (SSSR count). The van der Waals surface area contributed by atoms with Crippen LogP contribution in [0.5, 0.6) is 17.5 Å². The van der Waals surface area contributed by atoms with E-state index in [4.69, 9.17) is 9.47 Å². The molecule has 1 N–H and O–H groups in total. The lowest BCUT2D eigenvalue weighted by Crippen LogP contribution is -2.68. The molecule has 19 heteroatoms. The zero-order valence-electron chi connectivity index (χ0n) is 25.6. The largest absolute Gasteiger partial charge is 0.495 e. The number of nitrogens with zero attached hydrogens (tertiary/aromatic N) is 9. The molecule has 0 aliphatic carbocycles. The number of pyridine rings is 2. The predicted molar refractivity (Wildman–Crippen MR) is 181 cm³/mol. The monoisotopic (exact) mass is 816 g/mol. The Hall–Kier alpha value is -2.84. The van der Waals surface area contributed by atoms with Gasteiger partial charge < -0.3 is 29.3 Å². The summed E-state index contributed by atoms with van der Waals surface area (Å²) in [6.45, 7) is 4.75. The molecule has 13 nitrogen and oxygen atoms in total. The van der Waals surface area contributed by atoms with Gasteiger partial charge in [0, 0.05) is 69.2 Å². The summed E-state index contributed by atoms with van der Waals surface area (Å²) in [5.41, 5.74) is 0.880. The van der Waals surface area contributed by atoms with E-state index >= 15 is 0 Å². The minimum Gasteiger partial charge on any atom is -0.495 e. The lowest BCUT2D eigenvalue weighted by atomic mass is 9.87. The van der Waals surface area contributed by atoms with E-state index in [1.165, 1.54) is 52.5 Å². The molecule has 0 radical (unpaired) electrons. The third-order valence-electron chi connectivity index (χ3n) is 8.22. The predicted octanol–water partition coefficient (Wildman–Crippen LogP) is 4.40. The van der Waals surface area contributed by atoms with E-state index in [1.807, 2.05) is 0 Å². The highest BCUT2D eigenvalue weighted by Gasteiger charge is 2.45. The van der Waals surface area contributed by atoms with Gasteiger partial charge in [0.15, 0.2) is 19.5 Å². The van der Waals surface area contributed by atoms with Crippen LogP contribution in [0.25, 0.3) is 0 Å². The van der Waals surface area contributed by atoms with Gasteiger partial charge in [0.2, 0.25) is 22.0 Å². The fourth-order valence-electron chi connectivity index (χ4n) is 6.01. The normalized spacial score (nSPS) is 22.5. The summed E-state index contributed by atoms with van der Waals surface area (Å²) in [4.78, 5) is 14.7. The molecular formula is C28H32Br2F2N10O3S2. The Labute approximate surface area is 294 Å². The second-order valence-electron chi connectivity index (χ2n) is 11.2. The van der Waals surface area contributed by atoms with Crippen molar-refractivity contribution in [3.05, 3.63) is 49.6 Å². The van der Waals surface area contributed by atoms with Crippen molar-refractivity contribution >= 4 is 64.8 Å².